The van der Waals surface area contributed by atoms with Crippen molar-refractivity contribution in [3.8, 4) is 0 Å². The van der Waals surface area contributed by atoms with E-state index in [-0.39, 0.29) is 5.82 Å². The standard InChI is InChI=1S/C13H14ClFN2S/c1-2-17(6-10-8-18-9-16-10)7-11-12(14)4-3-5-13(11)15/h3-5,8-9H,2,6-7H2,1H3. The smallest absolute Gasteiger partial charge is 0.129 e. The molecule has 2 aromatic rings. The molecule has 0 unspecified atom stereocenters. The third-order valence-electron chi connectivity index (χ3n) is 2.76. The van der Waals surface area contributed by atoms with Gasteiger partial charge in [-0.05, 0) is 18.7 Å². The number of aromatic nitrogens is 1. The van der Waals surface area contributed by atoms with Crippen molar-refractivity contribution in [1.29, 1.82) is 0 Å². The number of hydrogen-bond acceptors (Lipinski definition) is 3. The van der Waals surface area contributed by atoms with E-state index in [1.165, 1.54) is 6.07 Å². The first-order valence-corrected chi connectivity index (χ1v) is 7.05. The molecule has 0 saturated heterocycles. The van der Waals surface area contributed by atoms with Crippen LogP contribution in [0.25, 0.3) is 0 Å². The lowest BCUT2D eigenvalue weighted by Crippen LogP contribution is -2.23. The fourth-order valence-electron chi connectivity index (χ4n) is 1.73. The van der Waals surface area contributed by atoms with Crippen molar-refractivity contribution >= 4 is 22.9 Å². The van der Waals surface area contributed by atoms with E-state index in [1.54, 1.807) is 29.0 Å². The Morgan fingerprint density at radius 2 is 2.22 bits per heavy atom. The van der Waals surface area contributed by atoms with Gasteiger partial charge in [0, 0.05) is 29.1 Å². The lowest BCUT2D eigenvalue weighted by Gasteiger charge is -2.20. The molecule has 0 N–H and O–H groups in total. The van der Waals surface area contributed by atoms with E-state index in [0.29, 0.717) is 23.7 Å². The van der Waals surface area contributed by atoms with Crippen LogP contribution in [0.5, 0.6) is 0 Å². The molecule has 0 aliphatic carbocycles. The van der Waals surface area contributed by atoms with Crippen LogP contribution in [0.3, 0.4) is 0 Å². The summed E-state index contributed by atoms with van der Waals surface area (Å²) >= 11 is 7.60. The van der Waals surface area contributed by atoms with Crippen LogP contribution < -0.4 is 0 Å². The summed E-state index contributed by atoms with van der Waals surface area (Å²) in [6.45, 7) is 4.08. The van der Waals surface area contributed by atoms with E-state index >= 15 is 0 Å². The third-order valence-corrected chi connectivity index (χ3v) is 3.75. The zero-order valence-corrected chi connectivity index (χ0v) is 11.6. The summed E-state index contributed by atoms with van der Waals surface area (Å²) < 4.78 is 13.7. The highest BCUT2D eigenvalue weighted by Crippen LogP contribution is 2.21. The van der Waals surface area contributed by atoms with E-state index in [2.05, 4.69) is 9.88 Å². The number of thiazole rings is 1. The fourth-order valence-corrected chi connectivity index (χ4v) is 2.50. The van der Waals surface area contributed by atoms with E-state index in [9.17, 15) is 4.39 Å². The highest BCUT2D eigenvalue weighted by molar-refractivity contribution is 7.07. The van der Waals surface area contributed by atoms with E-state index in [4.69, 9.17) is 11.6 Å². The molecule has 0 radical (unpaired) electrons. The van der Waals surface area contributed by atoms with Crippen molar-refractivity contribution < 1.29 is 4.39 Å². The lowest BCUT2D eigenvalue weighted by atomic mass is 10.2. The number of hydrogen-bond donors (Lipinski definition) is 0. The van der Waals surface area contributed by atoms with Crippen molar-refractivity contribution in [2.24, 2.45) is 0 Å². The maximum Gasteiger partial charge on any atom is 0.129 e. The Hall–Kier alpha value is -0.970. The Labute approximate surface area is 115 Å². The molecular weight excluding hydrogens is 271 g/mol. The maximum atomic E-state index is 13.7. The second-order valence-corrected chi connectivity index (χ2v) is 5.11. The first kappa shape index (κ1) is 13.5. The van der Waals surface area contributed by atoms with Crippen molar-refractivity contribution in [3.05, 3.63) is 51.2 Å². The molecule has 0 fully saturated rings. The van der Waals surface area contributed by atoms with Gasteiger partial charge in [-0.15, -0.1) is 11.3 Å². The van der Waals surface area contributed by atoms with Gasteiger partial charge in [-0.25, -0.2) is 9.37 Å². The number of rotatable bonds is 5. The Bertz CT molecular complexity index is 481. The second-order valence-electron chi connectivity index (χ2n) is 3.98. The van der Waals surface area contributed by atoms with E-state index < -0.39 is 0 Å². The number of nitrogens with zero attached hydrogens (tertiary/aromatic N) is 2. The van der Waals surface area contributed by atoms with Crippen LogP contribution in [-0.2, 0) is 13.1 Å². The van der Waals surface area contributed by atoms with Gasteiger partial charge in [-0.3, -0.25) is 4.90 Å². The Balaban J connectivity index is 2.10. The van der Waals surface area contributed by atoms with Gasteiger partial charge in [0.1, 0.15) is 5.82 Å². The lowest BCUT2D eigenvalue weighted by molar-refractivity contribution is 0.265. The summed E-state index contributed by atoms with van der Waals surface area (Å²) in [7, 11) is 0. The SMILES string of the molecule is CCN(Cc1cscn1)Cc1c(F)cccc1Cl. The van der Waals surface area contributed by atoms with Gasteiger partial charge in [-0.1, -0.05) is 24.6 Å². The van der Waals surface area contributed by atoms with Gasteiger partial charge >= 0.3 is 0 Å². The van der Waals surface area contributed by atoms with Gasteiger partial charge in [0.2, 0.25) is 0 Å². The highest BCUT2D eigenvalue weighted by Gasteiger charge is 2.12. The zero-order chi connectivity index (χ0) is 13.0. The van der Waals surface area contributed by atoms with Crippen LogP contribution in [0, 0.1) is 5.82 Å². The predicted octanol–water partition coefficient (Wildman–Crippen LogP) is 3.96. The molecular formula is C13H14ClFN2S. The molecule has 0 bridgehead atoms. The first-order chi connectivity index (χ1) is 8.70. The third kappa shape index (κ3) is 3.28. The summed E-state index contributed by atoms with van der Waals surface area (Å²) in [4.78, 5) is 6.35. The van der Waals surface area contributed by atoms with Gasteiger partial charge in [0.25, 0.3) is 0 Å². The minimum atomic E-state index is -0.251. The zero-order valence-electron chi connectivity index (χ0n) is 10.1. The highest BCUT2D eigenvalue weighted by atomic mass is 35.5. The molecule has 0 saturated carbocycles. The average molecular weight is 285 g/mol. The van der Waals surface area contributed by atoms with Crippen molar-refractivity contribution in [3.63, 3.8) is 0 Å². The Morgan fingerprint density at radius 3 is 2.83 bits per heavy atom. The molecule has 2 nitrogen and oxygen atoms in total. The Morgan fingerprint density at radius 1 is 1.39 bits per heavy atom. The first-order valence-electron chi connectivity index (χ1n) is 5.73. The van der Waals surface area contributed by atoms with Crippen LogP contribution in [0.1, 0.15) is 18.2 Å². The molecule has 1 heterocycles. The molecule has 5 heteroatoms. The molecule has 0 atom stereocenters. The van der Waals surface area contributed by atoms with Gasteiger partial charge in [0.15, 0.2) is 0 Å². The van der Waals surface area contributed by atoms with E-state index in [1.807, 2.05) is 12.3 Å². The Kier molecular flexibility index (Phi) is 4.69. The second kappa shape index (κ2) is 6.27. The van der Waals surface area contributed by atoms with Gasteiger partial charge in [0.05, 0.1) is 11.2 Å². The molecule has 0 spiro atoms. The molecule has 0 aliphatic rings. The van der Waals surface area contributed by atoms with Crippen LogP contribution in [0.4, 0.5) is 4.39 Å². The molecule has 0 aliphatic heterocycles. The summed E-state index contributed by atoms with van der Waals surface area (Å²) in [5, 5.41) is 2.48. The molecule has 18 heavy (non-hydrogen) atoms. The normalized spacial score (nSPS) is 11.1. The monoisotopic (exact) mass is 284 g/mol. The molecule has 1 aromatic heterocycles. The van der Waals surface area contributed by atoms with Crippen molar-refractivity contribution in [1.82, 2.24) is 9.88 Å². The largest absolute Gasteiger partial charge is 0.293 e. The maximum absolute atomic E-state index is 13.7. The van der Waals surface area contributed by atoms with Crippen LogP contribution >= 0.6 is 22.9 Å². The van der Waals surface area contributed by atoms with Crippen molar-refractivity contribution in [2.75, 3.05) is 6.54 Å². The molecule has 1 aromatic carbocycles. The summed E-state index contributed by atoms with van der Waals surface area (Å²) in [5.41, 5.74) is 3.37. The van der Waals surface area contributed by atoms with Crippen LogP contribution in [0.2, 0.25) is 5.02 Å². The minimum absolute atomic E-state index is 0.251. The van der Waals surface area contributed by atoms with Crippen LogP contribution in [0.15, 0.2) is 29.1 Å². The summed E-state index contributed by atoms with van der Waals surface area (Å²) in [5.74, 6) is -0.251. The molecule has 96 valence electrons. The fraction of sp³-hybridized carbons (Fsp3) is 0.308. The van der Waals surface area contributed by atoms with Gasteiger partial charge < -0.3 is 0 Å². The summed E-state index contributed by atoms with van der Waals surface area (Å²) in [6, 6.07) is 4.78. The molecule has 2 rings (SSSR count). The summed E-state index contributed by atoms with van der Waals surface area (Å²) in [6.07, 6.45) is 0. The van der Waals surface area contributed by atoms with Crippen molar-refractivity contribution in [2.45, 2.75) is 20.0 Å². The predicted molar refractivity (Wildman–Crippen MR) is 73.3 cm³/mol. The quantitative estimate of drug-likeness (QED) is 0.826. The topological polar surface area (TPSA) is 16.1 Å². The molecule has 0 amide bonds. The number of benzene rings is 1. The van der Waals surface area contributed by atoms with Crippen LogP contribution in [-0.4, -0.2) is 16.4 Å². The van der Waals surface area contributed by atoms with Gasteiger partial charge in [-0.2, -0.15) is 0 Å². The van der Waals surface area contributed by atoms with E-state index in [0.717, 1.165) is 12.2 Å². The number of halogens is 2. The average Bonchev–Trinajstić information content (AvgIpc) is 2.85. The minimum Gasteiger partial charge on any atom is -0.293 e.